The van der Waals surface area contributed by atoms with Crippen molar-refractivity contribution in [1.82, 2.24) is 5.32 Å². The standard InChI is InChI=1S/C13H16BrNO/c1-3-5-12(4-2)15-9-10-8-11(14)6-7-13(10)16/h2,6-8,12,15-16H,3,5,9H2,1H3. The molecule has 1 aromatic rings. The highest BCUT2D eigenvalue weighted by Crippen LogP contribution is 2.21. The molecular weight excluding hydrogens is 266 g/mol. The molecule has 0 aliphatic carbocycles. The first-order chi connectivity index (χ1) is 7.67. The van der Waals surface area contributed by atoms with Crippen LogP contribution in [0.3, 0.4) is 0 Å². The lowest BCUT2D eigenvalue weighted by molar-refractivity contribution is 0.460. The van der Waals surface area contributed by atoms with Gasteiger partial charge < -0.3 is 5.11 Å². The lowest BCUT2D eigenvalue weighted by atomic mass is 10.1. The smallest absolute Gasteiger partial charge is 0.120 e. The second-order valence-electron chi connectivity index (χ2n) is 3.66. The average Bonchev–Trinajstić information content (AvgIpc) is 2.28. The third-order valence-corrected chi connectivity index (χ3v) is 2.85. The van der Waals surface area contributed by atoms with Crippen LogP contribution in [0.4, 0.5) is 0 Å². The van der Waals surface area contributed by atoms with Gasteiger partial charge in [0.05, 0.1) is 6.04 Å². The van der Waals surface area contributed by atoms with E-state index >= 15 is 0 Å². The summed E-state index contributed by atoms with van der Waals surface area (Å²) in [6.07, 6.45) is 7.40. The van der Waals surface area contributed by atoms with Gasteiger partial charge in [0.25, 0.3) is 0 Å². The molecule has 0 bridgehead atoms. The number of hydrogen-bond acceptors (Lipinski definition) is 2. The molecule has 1 unspecified atom stereocenters. The number of terminal acetylenes is 1. The fourth-order valence-corrected chi connectivity index (χ4v) is 1.87. The topological polar surface area (TPSA) is 32.3 Å². The molecule has 86 valence electrons. The van der Waals surface area contributed by atoms with E-state index in [1.54, 1.807) is 6.07 Å². The van der Waals surface area contributed by atoms with Crippen LogP contribution in [0, 0.1) is 12.3 Å². The molecule has 1 aromatic carbocycles. The summed E-state index contributed by atoms with van der Waals surface area (Å²) in [4.78, 5) is 0. The highest BCUT2D eigenvalue weighted by Gasteiger charge is 2.06. The van der Waals surface area contributed by atoms with Gasteiger partial charge in [0.15, 0.2) is 0 Å². The van der Waals surface area contributed by atoms with Crippen molar-refractivity contribution >= 4 is 15.9 Å². The molecule has 3 heteroatoms. The summed E-state index contributed by atoms with van der Waals surface area (Å²) >= 11 is 3.37. The van der Waals surface area contributed by atoms with Gasteiger partial charge in [-0.05, 0) is 24.6 Å². The minimum Gasteiger partial charge on any atom is -0.508 e. The van der Waals surface area contributed by atoms with Crippen molar-refractivity contribution in [2.24, 2.45) is 0 Å². The van der Waals surface area contributed by atoms with Crippen molar-refractivity contribution in [3.8, 4) is 18.1 Å². The Hall–Kier alpha value is -0.980. The second-order valence-corrected chi connectivity index (χ2v) is 4.58. The first-order valence-corrected chi connectivity index (χ1v) is 6.13. The minimum absolute atomic E-state index is 0.0726. The molecule has 0 fully saturated rings. The number of nitrogens with one attached hydrogen (secondary N) is 1. The number of benzene rings is 1. The van der Waals surface area contributed by atoms with Crippen LogP contribution in [0.25, 0.3) is 0 Å². The normalized spacial score (nSPS) is 12.1. The zero-order valence-corrected chi connectivity index (χ0v) is 10.9. The van der Waals surface area contributed by atoms with Gasteiger partial charge in [-0.2, -0.15) is 0 Å². The predicted molar refractivity (Wildman–Crippen MR) is 70.2 cm³/mol. The molecule has 0 amide bonds. The Kier molecular flexibility index (Phi) is 5.37. The van der Waals surface area contributed by atoms with Crippen LogP contribution in [-0.4, -0.2) is 11.1 Å². The molecule has 2 N–H and O–H groups in total. The molecule has 16 heavy (non-hydrogen) atoms. The van der Waals surface area contributed by atoms with Crippen molar-refractivity contribution in [3.63, 3.8) is 0 Å². The van der Waals surface area contributed by atoms with Gasteiger partial charge in [-0.25, -0.2) is 0 Å². The first kappa shape index (κ1) is 13.1. The van der Waals surface area contributed by atoms with Crippen molar-refractivity contribution < 1.29 is 5.11 Å². The molecule has 0 aliphatic rings. The number of rotatable bonds is 5. The van der Waals surface area contributed by atoms with E-state index in [1.165, 1.54) is 0 Å². The molecule has 2 nitrogen and oxygen atoms in total. The second kappa shape index (κ2) is 6.57. The van der Waals surface area contributed by atoms with E-state index in [0.717, 1.165) is 22.9 Å². The third-order valence-electron chi connectivity index (χ3n) is 2.36. The maximum atomic E-state index is 9.64. The lowest BCUT2D eigenvalue weighted by Crippen LogP contribution is -2.26. The molecule has 0 saturated carbocycles. The van der Waals surface area contributed by atoms with Gasteiger partial charge in [0.2, 0.25) is 0 Å². The predicted octanol–water partition coefficient (Wildman–Crippen LogP) is 3.05. The Balaban J connectivity index is 2.60. The van der Waals surface area contributed by atoms with E-state index in [-0.39, 0.29) is 6.04 Å². The van der Waals surface area contributed by atoms with E-state index in [0.29, 0.717) is 12.3 Å². The molecule has 0 aromatic heterocycles. The molecular formula is C13H16BrNO. The molecule has 0 radical (unpaired) electrons. The average molecular weight is 282 g/mol. The first-order valence-electron chi connectivity index (χ1n) is 5.34. The van der Waals surface area contributed by atoms with Crippen molar-refractivity contribution in [1.29, 1.82) is 0 Å². The molecule has 1 atom stereocenters. The van der Waals surface area contributed by atoms with E-state index in [4.69, 9.17) is 6.42 Å². The van der Waals surface area contributed by atoms with Gasteiger partial charge in [-0.1, -0.05) is 35.2 Å². The van der Waals surface area contributed by atoms with Gasteiger partial charge in [-0.15, -0.1) is 6.42 Å². The van der Waals surface area contributed by atoms with Crippen LogP contribution < -0.4 is 5.32 Å². The molecule has 0 aliphatic heterocycles. The molecule has 0 spiro atoms. The van der Waals surface area contributed by atoms with Gasteiger partial charge in [0.1, 0.15) is 5.75 Å². The van der Waals surface area contributed by atoms with Gasteiger partial charge in [0, 0.05) is 16.6 Å². The maximum absolute atomic E-state index is 9.64. The van der Waals surface area contributed by atoms with Gasteiger partial charge >= 0.3 is 0 Å². The number of hydrogen-bond donors (Lipinski definition) is 2. The van der Waals surface area contributed by atoms with E-state index < -0.39 is 0 Å². The molecule has 0 heterocycles. The monoisotopic (exact) mass is 281 g/mol. The Morgan fingerprint density at radius 2 is 2.31 bits per heavy atom. The zero-order chi connectivity index (χ0) is 12.0. The fraction of sp³-hybridized carbons (Fsp3) is 0.385. The summed E-state index contributed by atoms with van der Waals surface area (Å²) in [5, 5.41) is 12.9. The Bertz CT molecular complexity index is 384. The lowest BCUT2D eigenvalue weighted by Gasteiger charge is -2.12. The van der Waals surface area contributed by atoms with Crippen molar-refractivity contribution in [2.75, 3.05) is 0 Å². The summed E-state index contributed by atoms with van der Waals surface area (Å²) in [5.74, 6) is 3.00. The Morgan fingerprint density at radius 1 is 1.56 bits per heavy atom. The quantitative estimate of drug-likeness (QED) is 0.814. The number of halogens is 1. The van der Waals surface area contributed by atoms with E-state index in [2.05, 4.69) is 34.1 Å². The summed E-state index contributed by atoms with van der Waals surface area (Å²) in [7, 11) is 0. The van der Waals surface area contributed by atoms with E-state index in [1.807, 2.05) is 12.1 Å². The van der Waals surface area contributed by atoms with Crippen LogP contribution >= 0.6 is 15.9 Å². The van der Waals surface area contributed by atoms with E-state index in [9.17, 15) is 5.11 Å². The summed E-state index contributed by atoms with van der Waals surface area (Å²) in [6.45, 7) is 2.68. The van der Waals surface area contributed by atoms with Crippen LogP contribution in [0.1, 0.15) is 25.3 Å². The number of phenols is 1. The van der Waals surface area contributed by atoms with Crippen LogP contribution in [-0.2, 0) is 6.54 Å². The fourth-order valence-electron chi connectivity index (χ4n) is 1.46. The Morgan fingerprint density at radius 3 is 2.94 bits per heavy atom. The van der Waals surface area contributed by atoms with Crippen molar-refractivity contribution in [2.45, 2.75) is 32.4 Å². The highest BCUT2D eigenvalue weighted by atomic mass is 79.9. The van der Waals surface area contributed by atoms with Crippen LogP contribution in [0.2, 0.25) is 0 Å². The minimum atomic E-state index is 0.0726. The number of aromatic hydroxyl groups is 1. The largest absolute Gasteiger partial charge is 0.508 e. The van der Waals surface area contributed by atoms with Crippen LogP contribution in [0.15, 0.2) is 22.7 Å². The summed E-state index contributed by atoms with van der Waals surface area (Å²) in [5.41, 5.74) is 0.853. The molecule has 1 rings (SSSR count). The highest BCUT2D eigenvalue weighted by molar-refractivity contribution is 9.10. The summed E-state index contributed by atoms with van der Waals surface area (Å²) in [6, 6.07) is 5.44. The maximum Gasteiger partial charge on any atom is 0.120 e. The SMILES string of the molecule is C#CC(CCC)NCc1cc(Br)ccc1O. The summed E-state index contributed by atoms with van der Waals surface area (Å²) < 4.78 is 0.954. The van der Waals surface area contributed by atoms with Gasteiger partial charge in [-0.3, -0.25) is 5.32 Å². The third kappa shape index (κ3) is 3.88. The number of phenolic OH excluding ortho intramolecular Hbond substituents is 1. The van der Waals surface area contributed by atoms with Crippen LogP contribution in [0.5, 0.6) is 5.75 Å². The molecule has 0 saturated heterocycles. The van der Waals surface area contributed by atoms with Crippen molar-refractivity contribution in [3.05, 3.63) is 28.2 Å². The Labute approximate surface area is 105 Å². The zero-order valence-electron chi connectivity index (χ0n) is 9.33.